The molecule has 0 aliphatic heterocycles. The predicted octanol–water partition coefficient (Wildman–Crippen LogP) is 1.26. The summed E-state index contributed by atoms with van der Waals surface area (Å²) in [4.78, 5) is 28.4. The fraction of sp³-hybridized carbons (Fsp3) is 0.417. The summed E-state index contributed by atoms with van der Waals surface area (Å²) in [5.41, 5.74) is -0.0247. The van der Waals surface area contributed by atoms with Crippen molar-refractivity contribution < 1.29 is 14.7 Å². The number of amides is 1. The third-order valence-corrected chi connectivity index (χ3v) is 2.82. The maximum atomic E-state index is 12.0. The van der Waals surface area contributed by atoms with E-state index in [4.69, 9.17) is 5.11 Å². The van der Waals surface area contributed by atoms with Crippen molar-refractivity contribution >= 4 is 11.9 Å². The molecule has 5 heteroatoms. The van der Waals surface area contributed by atoms with Crippen LogP contribution in [0.2, 0.25) is 0 Å². The van der Waals surface area contributed by atoms with E-state index in [1.165, 1.54) is 18.3 Å². The molecule has 17 heavy (non-hydrogen) atoms. The van der Waals surface area contributed by atoms with Crippen LogP contribution in [0.4, 0.5) is 0 Å². The van der Waals surface area contributed by atoms with Gasteiger partial charge in [-0.3, -0.25) is 9.78 Å². The Bertz CT molecular complexity index is 455. The summed E-state index contributed by atoms with van der Waals surface area (Å²) in [6.07, 6.45) is 3.72. The summed E-state index contributed by atoms with van der Waals surface area (Å²) >= 11 is 0. The Morgan fingerprint density at radius 3 is 2.82 bits per heavy atom. The average molecular weight is 234 g/mol. The molecule has 1 aliphatic rings. The van der Waals surface area contributed by atoms with Crippen molar-refractivity contribution in [1.29, 1.82) is 0 Å². The highest BCUT2D eigenvalue weighted by Gasteiger charge is 2.27. The van der Waals surface area contributed by atoms with Gasteiger partial charge in [0.15, 0.2) is 0 Å². The molecule has 1 N–H and O–H groups in total. The number of aromatic carboxylic acids is 1. The topological polar surface area (TPSA) is 70.5 Å². The van der Waals surface area contributed by atoms with Crippen LogP contribution in [0.3, 0.4) is 0 Å². The number of nitrogens with zero attached hydrogens (tertiary/aromatic N) is 2. The van der Waals surface area contributed by atoms with Gasteiger partial charge in [0.05, 0.1) is 5.56 Å². The molecule has 1 amide bonds. The number of carbonyl (C=O) groups is 2. The molecule has 0 bridgehead atoms. The first-order chi connectivity index (χ1) is 8.09. The minimum atomic E-state index is -1.12. The first-order valence-electron chi connectivity index (χ1n) is 5.53. The lowest BCUT2D eigenvalue weighted by Gasteiger charge is -2.16. The van der Waals surface area contributed by atoms with Crippen LogP contribution >= 0.6 is 0 Å². The van der Waals surface area contributed by atoms with Crippen molar-refractivity contribution in [2.75, 3.05) is 13.6 Å². The molecule has 1 saturated carbocycles. The summed E-state index contributed by atoms with van der Waals surface area (Å²) in [5.74, 6) is -0.878. The number of hydrogen-bond acceptors (Lipinski definition) is 3. The molecule has 5 nitrogen and oxygen atoms in total. The lowest BCUT2D eigenvalue weighted by atomic mass is 10.1. The highest BCUT2D eigenvalue weighted by molar-refractivity contribution is 6.03. The standard InChI is InChI=1S/C12H14N2O3/c1-14(7-8-4-5-8)11(15)10-9(12(16)17)3-2-6-13-10/h2-3,6,8H,4-5,7H2,1H3,(H,16,17). The summed E-state index contributed by atoms with van der Waals surface area (Å²) in [7, 11) is 1.68. The normalized spacial score (nSPS) is 14.4. The highest BCUT2D eigenvalue weighted by Crippen LogP contribution is 2.29. The highest BCUT2D eigenvalue weighted by atomic mass is 16.4. The monoisotopic (exact) mass is 234 g/mol. The number of carbonyl (C=O) groups excluding carboxylic acids is 1. The van der Waals surface area contributed by atoms with E-state index in [-0.39, 0.29) is 17.2 Å². The molecule has 0 saturated heterocycles. The van der Waals surface area contributed by atoms with Gasteiger partial charge in [-0.25, -0.2) is 4.79 Å². The lowest BCUT2D eigenvalue weighted by Crippen LogP contribution is -2.30. The second kappa shape index (κ2) is 4.53. The second-order valence-electron chi connectivity index (χ2n) is 4.33. The molecule has 1 aliphatic carbocycles. The summed E-state index contributed by atoms with van der Waals surface area (Å²) in [6, 6.07) is 2.91. The number of hydrogen-bond donors (Lipinski definition) is 1. The predicted molar refractivity (Wildman–Crippen MR) is 60.9 cm³/mol. The van der Waals surface area contributed by atoms with Crippen LogP contribution in [0.5, 0.6) is 0 Å². The van der Waals surface area contributed by atoms with Crippen LogP contribution in [0, 0.1) is 5.92 Å². The van der Waals surface area contributed by atoms with Crippen LogP contribution in [0.15, 0.2) is 18.3 Å². The zero-order valence-corrected chi connectivity index (χ0v) is 9.59. The van der Waals surface area contributed by atoms with E-state index in [1.54, 1.807) is 11.9 Å². The Labute approximate surface area is 99.1 Å². The summed E-state index contributed by atoms with van der Waals surface area (Å²) in [6.45, 7) is 0.675. The van der Waals surface area contributed by atoms with E-state index in [0.29, 0.717) is 12.5 Å². The van der Waals surface area contributed by atoms with Gasteiger partial charge in [-0.1, -0.05) is 0 Å². The molecular weight excluding hydrogens is 220 g/mol. The summed E-state index contributed by atoms with van der Waals surface area (Å²) in [5, 5.41) is 8.98. The number of rotatable bonds is 4. The first kappa shape index (κ1) is 11.6. The van der Waals surface area contributed by atoms with E-state index in [9.17, 15) is 9.59 Å². The number of aromatic nitrogens is 1. The number of carboxylic acid groups (broad SMARTS) is 1. The Morgan fingerprint density at radius 1 is 1.53 bits per heavy atom. The van der Waals surface area contributed by atoms with Crippen molar-refractivity contribution in [1.82, 2.24) is 9.88 Å². The largest absolute Gasteiger partial charge is 0.478 e. The molecule has 0 aromatic carbocycles. The van der Waals surface area contributed by atoms with Crippen LogP contribution in [0.25, 0.3) is 0 Å². The van der Waals surface area contributed by atoms with Gasteiger partial charge in [0.2, 0.25) is 0 Å². The third-order valence-electron chi connectivity index (χ3n) is 2.82. The van der Waals surface area contributed by atoms with E-state index in [0.717, 1.165) is 12.8 Å². The number of carboxylic acids is 1. The van der Waals surface area contributed by atoms with E-state index in [2.05, 4.69) is 4.98 Å². The fourth-order valence-electron chi connectivity index (χ4n) is 1.70. The SMILES string of the molecule is CN(CC1CC1)C(=O)c1ncccc1C(=O)O. The zero-order valence-electron chi connectivity index (χ0n) is 9.59. The third kappa shape index (κ3) is 2.61. The van der Waals surface area contributed by atoms with Crippen molar-refractivity contribution in [3.05, 3.63) is 29.6 Å². The van der Waals surface area contributed by atoms with E-state index in [1.807, 2.05) is 0 Å². The molecule has 0 radical (unpaired) electrons. The molecule has 1 aromatic rings. The molecule has 90 valence electrons. The molecule has 2 rings (SSSR count). The van der Waals surface area contributed by atoms with Gasteiger partial charge >= 0.3 is 5.97 Å². The van der Waals surface area contributed by atoms with Crippen LogP contribution in [0.1, 0.15) is 33.7 Å². The van der Waals surface area contributed by atoms with Crippen LogP contribution in [-0.4, -0.2) is 40.5 Å². The minimum Gasteiger partial charge on any atom is -0.478 e. The van der Waals surface area contributed by atoms with E-state index < -0.39 is 5.97 Å². The van der Waals surface area contributed by atoms with Gasteiger partial charge in [-0.05, 0) is 30.9 Å². The van der Waals surface area contributed by atoms with Gasteiger partial charge in [-0.2, -0.15) is 0 Å². The van der Waals surface area contributed by atoms with Crippen LogP contribution in [-0.2, 0) is 0 Å². The maximum absolute atomic E-state index is 12.0. The van der Waals surface area contributed by atoms with Gasteiger partial charge < -0.3 is 10.0 Å². The van der Waals surface area contributed by atoms with Crippen molar-refractivity contribution in [3.63, 3.8) is 0 Å². The Hall–Kier alpha value is -1.91. The quantitative estimate of drug-likeness (QED) is 0.851. The maximum Gasteiger partial charge on any atom is 0.338 e. The number of pyridine rings is 1. The van der Waals surface area contributed by atoms with Crippen molar-refractivity contribution in [3.8, 4) is 0 Å². The van der Waals surface area contributed by atoms with E-state index >= 15 is 0 Å². The molecule has 0 atom stereocenters. The van der Waals surface area contributed by atoms with Crippen molar-refractivity contribution in [2.24, 2.45) is 5.92 Å². The first-order valence-corrected chi connectivity index (χ1v) is 5.53. The molecule has 0 spiro atoms. The Kier molecular flexibility index (Phi) is 3.08. The van der Waals surface area contributed by atoms with Gasteiger partial charge in [0, 0.05) is 19.8 Å². The minimum absolute atomic E-state index is 0.0168. The lowest BCUT2D eigenvalue weighted by molar-refractivity contribution is 0.0678. The van der Waals surface area contributed by atoms with Crippen molar-refractivity contribution in [2.45, 2.75) is 12.8 Å². The van der Waals surface area contributed by atoms with Gasteiger partial charge in [0.1, 0.15) is 5.69 Å². The molecule has 0 unspecified atom stereocenters. The van der Waals surface area contributed by atoms with Gasteiger partial charge in [0.25, 0.3) is 5.91 Å². The Balaban J connectivity index is 2.19. The zero-order chi connectivity index (χ0) is 12.4. The molecule has 1 heterocycles. The second-order valence-corrected chi connectivity index (χ2v) is 4.33. The smallest absolute Gasteiger partial charge is 0.338 e. The Morgan fingerprint density at radius 2 is 2.24 bits per heavy atom. The fourth-order valence-corrected chi connectivity index (χ4v) is 1.70. The molecule has 1 fully saturated rings. The van der Waals surface area contributed by atoms with Crippen LogP contribution < -0.4 is 0 Å². The average Bonchev–Trinajstić information content (AvgIpc) is 3.11. The summed E-state index contributed by atoms with van der Waals surface area (Å²) < 4.78 is 0. The molecular formula is C12H14N2O3. The van der Waals surface area contributed by atoms with Gasteiger partial charge in [-0.15, -0.1) is 0 Å². The molecule has 1 aromatic heterocycles.